The zero-order valence-corrected chi connectivity index (χ0v) is 11.8. The molecule has 3 aromatic rings. The molecule has 3 N–H and O–H groups in total. The average Bonchev–Trinajstić information content (AvgIpc) is 3.03. The standard InChI is InChI=1S/C14H14N4OS/c1-9-6-7-18(17-9)8-11-10-4-2-3-5-12(10)20-13(11)14(19)16-15/h2-7H,8,15H2,1H3,(H,16,19). The van der Waals surface area contributed by atoms with Crippen LogP contribution in [0, 0.1) is 6.92 Å². The van der Waals surface area contributed by atoms with Crippen LogP contribution in [0.2, 0.25) is 0 Å². The first-order valence-electron chi connectivity index (χ1n) is 6.20. The van der Waals surface area contributed by atoms with Gasteiger partial charge in [-0.15, -0.1) is 11.3 Å². The van der Waals surface area contributed by atoms with Crippen molar-refractivity contribution in [3.05, 3.63) is 52.7 Å². The molecule has 0 saturated carbocycles. The third kappa shape index (κ3) is 2.19. The maximum absolute atomic E-state index is 11.9. The Morgan fingerprint density at radius 1 is 1.40 bits per heavy atom. The van der Waals surface area contributed by atoms with E-state index >= 15 is 0 Å². The number of thiophene rings is 1. The van der Waals surface area contributed by atoms with Crippen LogP contribution in [0.3, 0.4) is 0 Å². The van der Waals surface area contributed by atoms with Crippen molar-refractivity contribution >= 4 is 27.3 Å². The van der Waals surface area contributed by atoms with E-state index in [0.29, 0.717) is 11.4 Å². The largest absolute Gasteiger partial charge is 0.289 e. The van der Waals surface area contributed by atoms with Crippen LogP contribution in [0.1, 0.15) is 20.9 Å². The second-order valence-electron chi connectivity index (χ2n) is 4.53. The smallest absolute Gasteiger partial charge is 0.275 e. The summed E-state index contributed by atoms with van der Waals surface area (Å²) in [4.78, 5) is 12.6. The zero-order chi connectivity index (χ0) is 14.1. The van der Waals surface area contributed by atoms with Gasteiger partial charge in [0.25, 0.3) is 5.91 Å². The van der Waals surface area contributed by atoms with Crippen LogP contribution in [0.5, 0.6) is 0 Å². The number of carbonyl (C=O) groups excluding carboxylic acids is 1. The lowest BCUT2D eigenvalue weighted by molar-refractivity contribution is 0.0957. The van der Waals surface area contributed by atoms with Crippen LogP contribution in [0.15, 0.2) is 36.5 Å². The Kier molecular flexibility index (Phi) is 3.25. The monoisotopic (exact) mass is 286 g/mol. The van der Waals surface area contributed by atoms with E-state index in [2.05, 4.69) is 10.5 Å². The Bertz CT molecular complexity index is 774. The molecule has 0 spiro atoms. The highest BCUT2D eigenvalue weighted by molar-refractivity contribution is 7.21. The molecule has 102 valence electrons. The molecule has 1 aromatic carbocycles. The summed E-state index contributed by atoms with van der Waals surface area (Å²) in [7, 11) is 0. The molecule has 5 nitrogen and oxygen atoms in total. The Morgan fingerprint density at radius 2 is 2.20 bits per heavy atom. The van der Waals surface area contributed by atoms with E-state index in [9.17, 15) is 4.79 Å². The number of hydrogen-bond acceptors (Lipinski definition) is 4. The summed E-state index contributed by atoms with van der Waals surface area (Å²) >= 11 is 1.45. The van der Waals surface area contributed by atoms with E-state index in [1.807, 2.05) is 48.1 Å². The number of nitrogens with one attached hydrogen (secondary N) is 1. The van der Waals surface area contributed by atoms with Crippen LogP contribution in [-0.4, -0.2) is 15.7 Å². The fourth-order valence-corrected chi connectivity index (χ4v) is 3.34. The van der Waals surface area contributed by atoms with E-state index in [1.165, 1.54) is 11.3 Å². The van der Waals surface area contributed by atoms with E-state index in [0.717, 1.165) is 21.3 Å². The third-order valence-corrected chi connectivity index (χ3v) is 4.34. The van der Waals surface area contributed by atoms with Crippen LogP contribution in [-0.2, 0) is 6.54 Å². The summed E-state index contributed by atoms with van der Waals surface area (Å²) in [6, 6.07) is 9.90. The first-order valence-corrected chi connectivity index (χ1v) is 7.02. The van der Waals surface area contributed by atoms with Gasteiger partial charge in [-0.2, -0.15) is 5.10 Å². The van der Waals surface area contributed by atoms with Gasteiger partial charge in [-0.1, -0.05) is 18.2 Å². The number of aromatic nitrogens is 2. The predicted octanol–water partition coefficient (Wildman–Crippen LogP) is 2.06. The van der Waals surface area contributed by atoms with Gasteiger partial charge < -0.3 is 0 Å². The van der Waals surface area contributed by atoms with E-state index < -0.39 is 0 Å². The number of nitrogen functional groups attached to an aromatic ring is 1. The molecular weight excluding hydrogens is 272 g/mol. The Labute approximate surface area is 120 Å². The summed E-state index contributed by atoms with van der Waals surface area (Å²) in [5, 5.41) is 5.45. The number of hydrogen-bond donors (Lipinski definition) is 2. The van der Waals surface area contributed by atoms with Crippen molar-refractivity contribution in [1.82, 2.24) is 15.2 Å². The second-order valence-corrected chi connectivity index (χ2v) is 5.59. The van der Waals surface area contributed by atoms with Crippen molar-refractivity contribution in [3.63, 3.8) is 0 Å². The number of benzene rings is 1. The first kappa shape index (κ1) is 12.8. The first-order chi connectivity index (χ1) is 9.69. The molecule has 0 unspecified atom stereocenters. The third-order valence-electron chi connectivity index (χ3n) is 3.13. The van der Waals surface area contributed by atoms with Gasteiger partial charge in [0.05, 0.1) is 17.1 Å². The molecule has 0 radical (unpaired) electrons. The van der Waals surface area contributed by atoms with E-state index in [-0.39, 0.29) is 5.91 Å². The summed E-state index contributed by atoms with van der Waals surface area (Å²) < 4.78 is 2.90. The minimum atomic E-state index is -0.259. The van der Waals surface area contributed by atoms with Crippen LogP contribution >= 0.6 is 11.3 Å². The number of rotatable bonds is 3. The number of hydrazine groups is 1. The number of amides is 1. The molecule has 0 fully saturated rings. The molecule has 0 atom stereocenters. The molecule has 0 saturated heterocycles. The Morgan fingerprint density at radius 3 is 2.90 bits per heavy atom. The van der Waals surface area contributed by atoms with Gasteiger partial charge in [0, 0.05) is 16.5 Å². The lowest BCUT2D eigenvalue weighted by atomic mass is 10.1. The predicted molar refractivity (Wildman–Crippen MR) is 79.5 cm³/mol. The molecule has 0 aliphatic carbocycles. The van der Waals surface area contributed by atoms with Crippen molar-refractivity contribution in [2.24, 2.45) is 5.84 Å². The number of nitrogens with zero attached hydrogens (tertiary/aromatic N) is 2. The van der Waals surface area contributed by atoms with E-state index in [4.69, 9.17) is 5.84 Å². The van der Waals surface area contributed by atoms with Crippen LogP contribution < -0.4 is 11.3 Å². The second kappa shape index (κ2) is 5.07. The fourth-order valence-electron chi connectivity index (χ4n) is 2.22. The molecule has 0 aliphatic heterocycles. The maximum atomic E-state index is 11.9. The van der Waals surface area contributed by atoms with Crippen molar-refractivity contribution in [1.29, 1.82) is 0 Å². The lowest BCUT2D eigenvalue weighted by Crippen LogP contribution is -2.30. The lowest BCUT2D eigenvalue weighted by Gasteiger charge is -2.04. The van der Waals surface area contributed by atoms with Gasteiger partial charge in [-0.25, -0.2) is 5.84 Å². The van der Waals surface area contributed by atoms with E-state index in [1.54, 1.807) is 0 Å². The van der Waals surface area contributed by atoms with Gasteiger partial charge in [0.2, 0.25) is 0 Å². The molecule has 1 amide bonds. The highest BCUT2D eigenvalue weighted by Gasteiger charge is 2.18. The average molecular weight is 286 g/mol. The topological polar surface area (TPSA) is 72.9 Å². The molecule has 3 rings (SSSR count). The molecule has 20 heavy (non-hydrogen) atoms. The summed E-state index contributed by atoms with van der Waals surface area (Å²) in [5.74, 6) is 5.02. The Balaban J connectivity index is 2.13. The number of aryl methyl sites for hydroxylation is 1. The maximum Gasteiger partial charge on any atom is 0.275 e. The van der Waals surface area contributed by atoms with Gasteiger partial charge in [-0.05, 0) is 24.4 Å². The Hall–Kier alpha value is -2.18. The normalized spacial score (nSPS) is 10.9. The van der Waals surface area contributed by atoms with Crippen molar-refractivity contribution in [2.75, 3.05) is 0 Å². The highest BCUT2D eigenvalue weighted by atomic mass is 32.1. The summed E-state index contributed by atoms with van der Waals surface area (Å²) in [6.07, 6.45) is 1.91. The summed E-state index contributed by atoms with van der Waals surface area (Å²) in [6.45, 7) is 2.50. The number of nitrogens with two attached hydrogens (primary N) is 1. The molecule has 2 aromatic heterocycles. The molecule has 0 bridgehead atoms. The van der Waals surface area contributed by atoms with Crippen molar-refractivity contribution < 1.29 is 4.79 Å². The molecule has 0 aliphatic rings. The fraction of sp³-hybridized carbons (Fsp3) is 0.143. The number of carbonyl (C=O) groups is 1. The quantitative estimate of drug-likeness (QED) is 0.440. The SMILES string of the molecule is Cc1ccn(Cc2c(C(=O)NN)sc3ccccc23)n1. The van der Waals surface area contributed by atoms with Crippen molar-refractivity contribution in [2.45, 2.75) is 13.5 Å². The van der Waals surface area contributed by atoms with Gasteiger partial charge in [0.1, 0.15) is 0 Å². The van der Waals surface area contributed by atoms with Crippen LogP contribution in [0.25, 0.3) is 10.1 Å². The molecule has 2 heterocycles. The van der Waals surface area contributed by atoms with Crippen molar-refractivity contribution in [3.8, 4) is 0 Å². The van der Waals surface area contributed by atoms with Gasteiger partial charge in [-0.3, -0.25) is 14.9 Å². The van der Waals surface area contributed by atoms with Crippen LogP contribution in [0.4, 0.5) is 0 Å². The van der Waals surface area contributed by atoms with Gasteiger partial charge >= 0.3 is 0 Å². The number of fused-ring (bicyclic) bond motifs is 1. The summed E-state index contributed by atoms with van der Waals surface area (Å²) in [5.41, 5.74) is 4.12. The molecule has 6 heteroatoms. The highest BCUT2D eigenvalue weighted by Crippen LogP contribution is 2.31. The minimum absolute atomic E-state index is 0.259. The van der Waals surface area contributed by atoms with Gasteiger partial charge in [0.15, 0.2) is 0 Å². The zero-order valence-electron chi connectivity index (χ0n) is 11.0. The minimum Gasteiger partial charge on any atom is -0.289 e. The molecular formula is C14H14N4OS.